The normalized spacial score (nSPS) is 11.2. The zero-order chi connectivity index (χ0) is 32.2. The van der Waals surface area contributed by atoms with Crippen molar-refractivity contribution in [2.24, 2.45) is 5.10 Å². The van der Waals surface area contributed by atoms with Gasteiger partial charge in [0.25, 0.3) is 11.5 Å². The van der Waals surface area contributed by atoms with Gasteiger partial charge in [-0.15, -0.1) is 0 Å². The smallest absolute Gasteiger partial charge is 0.282 e. The Morgan fingerprint density at radius 3 is 2.37 bits per heavy atom. The number of amides is 1. The van der Waals surface area contributed by atoms with Crippen LogP contribution in [0.15, 0.2) is 99.2 Å². The van der Waals surface area contributed by atoms with E-state index in [0.29, 0.717) is 38.9 Å². The van der Waals surface area contributed by atoms with Gasteiger partial charge in [-0.1, -0.05) is 30.3 Å². The zero-order valence-electron chi connectivity index (χ0n) is 24.9. The number of furan rings is 1. The molecular formula is C34H27FN4O7. The fourth-order valence-corrected chi connectivity index (χ4v) is 4.84. The first-order valence-corrected chi connectivity index (χ1v) is 14.0. The second-order valence-electron chi connectivity index (χ2n) is 9.87. The Kier molecular flexibility index (Phi) is 8.33. The molecule has 0 spiro atoms. The summed E-state index contributed by atoms with van der Waals surface area (Å²) in [6, 6.07) is 23.1. The second-order valence-corrected chi connectivity index (χ2v) is 9.87. The molecule has 1 N–H and O–H groups in total. The van der Waals surface area contributed by atoms with Gasteiger partial charge in [0.1, 0.15) is 17.1 Å². The van der Waals surface area contributed by atoms with Crippen LogP contribution in [0.1, 0.15) is 5.56 Å². The maximum absolute atomic E-state index is 13.9. The third kappa shape index (κ3) is 5.83. The highest BCUT2D eigenvalue weighted by atomic mass is 19.1. The van der Waals surface area contributed by atoms with Crippen LogP contribution < -0.4 is 29.8 Å². The topological polar surface area (TPSA) is 126 Å². The zero-order valence-corrected chi connectivity index (χ0v) is 24.9. The van der Waals surface area contributed by atoms with Crippen LogP contribution in [0.25, 0.3) is 33.5 Å². The van der Waals surface area contributed by atoms with Gasteiger partial charge in [-0.2, -0.15) is 9.78 Å². The molecule has 6 rings (SSSR count). The summed E-state index contributed by atoms with van der Waals surface area (Å²) in [5.74, 6) is 0.549. The van der Waals surface area contributed by atoms with E-state index < -0.39 is 23.9 Å². The van der Waals surface area contributed by atoms with Crippen LogP contribution >= 0.6 is 0 Å². The highest BCUT2D eigenvalue weighted by Gasteiger charge is 2.19. The van der Waals surface area contributed by atoms with Crippen LogP contribution in [-0.4, -0.2) is 49.7 Å². The van der Waals surface area contributed by atoms with Gasteiger partial charge in [0.05, 0.1) is 49.5 Å². The molecule has 0 aliphatic heterocycles. The summed E-state index contributed by atoms with van der Waals surface area (Å²) in [4.78, 5) is 30.9. The van der Waals surface area contributed by atoms with Gasteiger partial charge < -0.3 is 28.7 Å². The van der Waals surface area contributed by atoms with Crippen molar-refractivity contribution in [2.45, 2.75) is 0 Å². The molecule has 0 radical (unpaired) electrons. The van der Waals surface area contributed by atoms with Gasteiger partial charge in [-0.25, -0.2) is 9.37 Å². The molecule has 0 fully saturated rings. The molecule has 1 amide bonds. The van der Waals surface area contributed by atoms with Gasteiger partial charge >= 0.3 is 0 Å². The molecule has 0 bridgehead atoms. The number of benzene rings is 4. The van der Waals surface area contributed by atoms with Gasteiger partial charge in [0.2, 0.25) is 11.6 Å². The highest BCUT2D eigenvalue weighted by molar-refractivity contribution is 5.92. The molecule has 232 valence electrons. The largest absolute Gasteiger partial charge is 0.496 e. The molecule has 2 aromatic heterocycles. The standard InChI is InChI=1S/C34H27FN4O7/c1-42-26-13-8-14-27-22(26)17-30(46-27)33-38-24-11-6-4-9-21(24)34(41)39(33)36-18-20-15-28(43-2)32(29(16-20)44-3)45-19-31(40)37-25-12-7-5-10-23(25)35/h4-18H,19H2,1-3H3,(H,37,40). The van der Waals surface area contributed by atoms with E-state index in [-0.39, 0.29) is 28.8 Å². The Labute approximate surface area is 261 Å². The number of nitrogens with zero attached hydrogens (tertiary/aromatic N) is 3. The summed E-state index contributed by atoms with van der Waals surface area (Å²) < 4.78 is 43.4. The first kappa shape index (κ1) is 29.9. The lowest BCUT2D eigenvalue weighted by Crippen LogP contribution is -2.21. The van der Waals surface area contributed by atoms with E-state index in [4.69, 9.17) is 28.3 Å². The van der Waals surface area contributed by atoms with Crippen LogP contribution in [0.4, 0.5) is 10.1 Å². The summed E-state index contributed by atoms with van der Waals surface area (Å²) in [6.07, 6.45) is 1.43. The van der Waals surface area contributed by atoms with Crippen molar-refractivity contribution in [3.8, 4) is 34.6 Å². The van der Waals surface area contributed by atoms with Gasteiger partial charge in [-0.05, 0) is 54.6 Å². The summed E-state index contributed by atoms with van der Waals surface area (Å²) in [5.41, 5.74) is 1.13. The number of rotatable bonds is 10. The average Bonchev–Trinajstić information content (AvgIpc) is 3.52. The molecule has 0 saturated heterocycles. The second kappa shape index (κ2) is 12.8. The molecule has 46 heavy (non-hydrogen) atoms. The van der Waals surface area contributed by atoms with Crippen molar-refractivity contribution in [2.75, 3.05) is 33.3 Å². The Bertz CT molecular complexity index is 2150. The summed E-state index contributed by atoms with van der Waals surface area (Å²) in [6.45, 7) is -0.446. The molecule has 0 saturated carbocycles. The number of hydrogen-bond donors (Lipinski definition) is 1. The lowest BCUT2D eigenvalue weighted by Gasteiger charge is -2.15. The quantitative estimate of drug-likeness (QED) is 0.188. The Balaban J connectivity index is 1.35. The van der Waals surface area contributed by atoms with E-state index in [0.717, 1.165) is 4.68 Å². The summed E-state index contributed by atoms with van der Waals surface area (Å²) >= 11 is 0. The molecule has 0 unspecified atom stereocenters. The number of aromatic nitrogens is 2. The fraction of sp³-hybridized carbons (Fsp3) is 0.118. The number of anilines is 1. The third-order valence-corrected chi connectivity index (χ3v) is 7.02. The number of methoxy groups -OCH3 is 3. The Morgan fingerprint density at radius 2 is 1.63 bits per heavy atom. The highest BCUT2D eigenvalue weighted by Crippen LogP contribution is 2.38. The van der Waals surface area contributed by atoms with E-state index in [1.54, 1.807) is 67.8 Å². The van der Waals surface area contributed by atoms with Crippen molar-refractivity contribution in [1.82, 2.24) is 9.66 Å². The number of carbonyl (C=O) groups excluding carboxylic acids is 1. The predicted octanol–water partition coefficient (Wildman–Crippen LogP) is 5.87. The molecular weight excluding hydrogens is 595 g/mol. The Morgan fingerprint density at radius 1 is 0.913 bits per heavy atom. The molecule has 12 heteroatoms. The summed E-state index contributed by atoms with van der Waals surface area (Å²) in [7, 11) is 4.41. The van der Waals surface area contributed by atoms with E-state index in [1.165, 1.54) is 38.6 Å². The SMILES string of the molecule is COc1cc(C=Nn2c(-c3cc4c(OC)cccc4o3)nc3ccccc3c2=O)cc(OC)c1OCC(=O)Nc1ccccc1F. The van der Waals surface area contributed by atoms with Gasteiger partial charge in [0, 0.05) is 5.56 Å². The molecule has 11 nitrogen and oxygen atoms in total. The monoisotopic (exact) mass is 622 g/mol. The van der Waals surface area contributed by atoms with Gasteiger partial charge in [0.15, 0.2) is 23.9 Å². The first-order valence-electron chi connectivity index (χ1n) is 14.0. The van der Waals surface area contributed by atoms with E-state index in [2.05, 4.69) is 10.4 Å². The number of halogens is 1. The van der Waals surface area contributed by atoms with Crippen molar-refractivity contribution < 1.29 is 32.5 Å². The summed E-state index contributed by atoms with van der Waals surface area (Å²) in [5, 5.41) is 8.04. The van der Waals surface area contributed by atoms with Crippen LogP contribution in [0.5, 0.6) is 23.0 Å². The molecule has 2 heterocycles. The lowest BCUT2D eigenvalue weighted by atomic mass is 10.2. The number of para-hydroxylation sites is 2. The minimum Gasteiger partial charge on any atom is -0.496 e. The number of ether oxygens (including phenoxy) is 4. The molecule has 0 aliphatic carbocycles. The first-order chi connectivity index (χ1) is 22.4. The van der Waals surface area contributed by atoms with Crippen LogP contribution in [0, 0.1) is 5.82 Å². The van der Waals surface area contributed by atoms with Crippen molar-refractivity contribution in [3.63, 3.8) is 0 Å². The minimum atomic E-state index is -0.584. The maximum Gasteiger partial charge on any atom is 0.282 e. The van der Waals surface area contributed by atoms with E-state index >= 15 is 0 Å². The third-order valence-electron chi connectivity index (χ3n) is 7.02. The number of carbonyl (C=O) groups is 1. The fourth-order valence-electron chi connectivity index (χ4n) is 4.84. The van der Waals surface area contributed by atoms with Crippen LogP contribution in [0.3, 0.4) is 0 Å². The molecule has 0 aliphatic rings. The van der Waals surface area contributed by atoms with Crippen molar-refractivity contribution in [3.05, 3.63) is 107 Å². The van der Waals surface area contributed by atoms with E-state index in [1.807, 2.05) is 6.07 Å². The van der Waals surface area contributed by atoms with E-state index in [9.17, 15) is 14.0 Å². The molecule has 6 aromatic rings. The Hall–Kier alpha value is -6.17. The minimum absolute atomic E-state index is 0.0289. The van der Waals surface area contributed by atoms with Crippen molar-refractivity contribution >= 4 is 39.7 Å². The maximum atomic E-state index is 13.9. The average molecular weight is 623 g/mol. The molecule has 0 atom stereocenters. The van der Waals surface area contributed by atoms with Crippen LogP contribution in [-0.2, 0) is 4.79 Å². The van der Waals surface area contributed by atoms with Crippen LogP contribution in [0.2, 0.25) is 0 Å². The number of nitrogens with one attached hydrogen (secondary N) is 1. The molecule has 4 aromatic carbocycles. The predicted molar refractivity (Wildman–Crippen MR) is 171 cm³/mol. The lowest BCUT2D eigenvalue weighted by molar-refractivity contribution is -0.118. The van der Waals surface area contributed by atoms with Crippen molar-refractivity contribution in [1.29, 1.82) is 0 Å². The number of fused-ring (bicyclic) bond motifs is 2. The van der Waals surface area contributed by atoms with Gasteiger partial charge in [-0.3, -0.25) is 9.59 Å². The number of hydrogen-bond acceptors (Lipinski definition) is 9.